The van der Waals surface area contributed by atoms with Gasteiger partial charge in [0.05, 0.1) is 23.8 Å². The molecule has 0 fully saturated rings. The number of allylic oxidation sites excluding steroid dienone is 2. The van der Waals surface area contributed by atoms with E-state index >= 15 is 0 Å². The van der Waals surface area contributed by atoms with Crippen LogP contribution in [0.15, 0.2) is 85.5 Å². The summed E-state index contributed by atoms with van der Waals surface area (Å²) >= 11 is 6.15. The van der Waals surface area contributed by atoms with Gasteiger partial charge < -0.3 is 9.80 Å². The van der Waals surface area contributed by atoms with E-state index in [9.17, 15) is 13.2 Å². The highest BCUT2D eigenvalue weighted by Gasteiger charge is 2.35. The second-order valence-corrected chi connectivity index (χ2v) is 7.62. The number of alkyl halides is 3. The third-order valence-corrected chi connectivity index (χ3v) is 5.37. The molecule has 0 bridgehead atoms. The van der Waals surface area contributed by atoms with Crippen LogP contribution in [0.25, 0.3) is 0 Å². The molecule has 0 amide bonds. The Balaban J connectivity index is 2.02. The van der Waals surface area contributed by atoms with E-state index in [2.05, 4.69) is 18.1 Å². The van der Waals surface area contributed by atoms with Crippen molar-refractivity contribution in [2.45, 2.75) is 25.2 Å². The Morgan fingerprint density at radius 2 is 1.83 bits per heavy atom. The van der Waals surface area contributed by atoms with E-state index in [0.717, 1.165) is 22.5 Å². The number of fused-ring (bicyclic) bond motifs is 1. The van der Waals surface area contributed by atoms with E-state index in [0.29, 0.717) is 18.1 Å². The lowest BCUT2D eigenvalue weighted by Gasteiger charge is -2.45. The first-order valence-corrected chi connectivity index (χ1v) is 10.1. The van der Waals surface area contributed by atoms with Gasteiger partial charge in [-0.1, -0.05) is 67.3 Å². The number of para-hydroxylation sites is 2. The Hall–Kier alpha value is -2.66. The van der Waals surface area contributed by atoms with Gasteiger partial charge in [-0.05, 0) is 35.4 Å². The van der Waals surface area contributed by atoms with Gasteiger partial charge in [-0.2, -0.15) is 13.2 Å². The average Bonchev–Trinajstić information content (AvgIpc) is 2.70. The van der Waals surface area contributed by atoms with Crippen molar-refractivity contribution < 1.29 is 13.2 Å². The lowest BCUT2D eigenvalue weighted by atomic mass is 9.98. The molecule has 0 radical (unpaired) electrons. The van der Waals surface area contributed by atoms with Crippen LogP contribution in [-0.2, 0) is 6.54 Å². The summed E-state index contributed by atoms with van der Waals surface area (Å²) in [5.74, 6) is 0. The first kappa shape index (κ1) is 22.0. The standard InChI is InChI=1S/C24H24ClF3N2/c1-3-8-19(4-2)23-17-29(16-18-9-7-10-20(25)15-18)21-11-5-6-12-22(21)30(23)14-13-24(26,27)28/h3-12,15,23H,1-2,13-14,16-17H2/b19-8+/t23-/m0/s1. The van der Waals surface area contributed by atoms with E-state index in [1.807, 2.05) is 59.5 Å². The third-order valence-electron chi connectivity index (χ3n) is 5.13. The number of hydrogen-bond acceptors (Lipinski definition) is 2. The molecule has 2 nitrogen and oxygen atoms in total. The summed E-state index contributed by atoms with van der Waals surface area (Å²) in [5, 5.41) is 0.652. The van der Waals surface area contributed by atoms with Crippen LogP contribution in [0.3, 0.4) is 0 Å². The van der Waals surface area contributed by atoms with Gasteiger partial charge in [0.2, 0.25) is 0 Å². The van der Waals surface area contributed by atoms with Gasteiger partial charge in [0.15, 0.2) is 0 Å². The first-order valence-electron chi connectivity index (χ1n) is 9.69. The van der Waals surface area contributed by atoms with Gasteiger partial charge in [0.25, 0.3) is 0 Å². The van der Waals surface area contributed by atoms with Gasteiger partial charge in [-0.3, -0.25) is 0 Å². The van der Waals surface area contributed by atoms with E-state index < -0.39 is 12.6 Å². The molecule has 0 aromatic heterocycles. The lowest BCUT2D eigenvalue weighted by Crippen LogP contribution is -2.50. The van der Waals surface area contributed by atoms with Crippen molar-refractivity contribution in [2.75, 3.05) is 22.9 Å². The van der Waals surface area contributed by atoms with Crippen molar-refractivity contribution in [2.24, 2.45) is 0 Å². The molecule has 0 aliphatic carbocycles. The predicted octanol–water partition coefficient (Wildman–Crippen LogP) is 6.79. The normalized spacial score (nSPS) is 16.9. The highest BCUT2D eigenvalue weighted by molar-refractivity contribution is 6.30. The monoisotopic (exact) mass is 432 g/mol. The van der Waals surface area contributed by atoms with E-state index in [1.54, 1.807) is 12.2 Å². The lowest BCUT2D eigenvalue weighted by molar-refractivity contribution is -0.132. The topological polar surface area (TPSA) is 6.48 Å². The smallest absolute Gasteiger partial charge is 0.363 e. The molecule has 1 aliphatic heterocycles. The second kappa shape index (κ2) is 9.43. The molecule has 0 saturated heterocycles. The fourth-order valence-corrected chi connectivity index (χ4v) is 4.03. The van der Waals surface area contributed by atoms with Crippen molar-refractivity contribution in [1.29, 1.82) is 0 Å². The molecule has 0 spiro atoms. The first-order chi connectivity index (χ1) is 14.3. The van der Waals surface area contributed by atoms with E-state index in [4.69, 9.17) is 11.6 Å². The Morgan fingerprint density at radius 3 is 2.47 bits per heavy atom. The molecule has 0 saturated carbocycles. The van der Waals surface area contributed by atoms with E-state index in [1.165, 1.54) is 0 Å². The van der Waals surface area contributed by atoms with Crippen LogP contribution in [0.1, 0.15) is 12.0 Å². The minimum atomic E-state index is -4.23. The molecule has 3 rings (SSSR count). The summed E-state index contributed by atoms with van der Waals surface area (Å²) in [6.07, 6.45) is 0.0293. The van der Waals surface area contributed by atoms with Crippen LogP contribution in [0.2, 0.25) is 5.02 Å². The van der Waals surface area contributed by atoms with Crippen LogP contribution < -0.4 is 9.80 Å². The summed E-state index contributed by atoms with van der Waals surface area (Å²) in [6.45, 7) is 8.61. The molecule has 2 aromatic rings. The number of nitrogens with zero attached hydrogens (tertiary/aromatic N) is 2. The minimum absolute atomic E-state index is 0.126. The van der Waals surface area contributed by atoms with Crippen LogP contribution in [0.4, 0.5) is 24.5 Å². The maximum Gasteiger partial charge on any atom is 0.390 e. The molecule has 1 aliphatic rings. The fourth-order valence-electron chi connectivity index (χ4n) is 3.81. The molecule has 0 N–H and O–H groups in total. The zero-order valence-corrected chi connectivity index (χ0v) is 17.3. The quantitative estimate of drug-likeness (QED) is 0.444. The molecule has 1 heterocycles. The molecule has 30 heavy (non-hydrogen) atoms. The molecule has 2 aromatic carbocycles. The van der Waals surface area contributed by atoms with Gasteiger partial charge in [-0.25, -0.2) is 0 Å². The van der Waals surface area contributed by atoms with E-state index in [-0.39, 0.29) is 12.6 Å². The summed E-state index contributed by atoms with van der Waals surface area (Å²) in [5.41, 5.74) is 3.54. The Morgan fingerprint density at radius 1 is 1.10 bits per heavy atom. The van der Waals surface area contributed by atoms with Gasteiger partial charge >= 0.3 is 6.18 Å². The predicted molar refractivity (Wildman–Crippen MR) is 119 cm³/mol. The van der Waals surface area contributed by atoms with Crippen molar-refractivity contribution in [3.63, 3.8) is 0 Å². The van der Waals surface area contributed by atoms with Crippen LogP contribution in [-0.4, -0.2) is 25.3 Å². The molecule has 0 unspecified atom stereocenters. The zero-order valence-electron chi connectivity index (χ0n) is 16.6. The fraction of sp³-hybridized carbons (Fsp3) is 0.250. The molecule has 6 heteroatoms. The molecular formula is C24H24ClF3N2. The number of hydrogen-bond donors (Lipinski definition) is 0. The average molecular weight is 433 g/mol. The van der Waals surface area contributed by atoms with Gasteiger partial charge in [0, 0.05) is 24.7 Å². The Kier molecular flexibility index (Phi) is 6.93. The maximum absolute atomic E-state index is 13.0. The SMILES string of the molecule is C=C/C=C(\C=C)[C@@H]1CN(Cc2cccc(Cl)c2)c2ccccc2N1CCC(F)(F)F. The Bertz CT molecular complexity index is 936. The third kappa shape index (κ3) is 5.28. The van der Waals surface area contributed by atoms with Gasteiger partial charge in [0.1, 0.15) is 0 Å². The number of anilines is 2. The van der Waals surface area contributed by atoms with Crippen LogP contribution >= 0.6 is 11.6 Å². The molecular weight excluding hydrogens is 409 g/mol. The van der Waals surface area contributed by atoms with Crippen LogP contribution in [0, 0.1) is 0 Å². The summed E-state index contributed by atoms with van der Waals surface area (Å²) in [6, 6.07) is 14.9. The highest BCUT2D eigenvalue weighted by Crippen LogP contribution is 2.39. The summed E-state index contributed by atoms with van der Waals surface area (Å²) in [7, 11) is 0. The zero-order chi connectivity index (χ0) is 21.7. The largest absolute Gasteiger partial charge is 0.390 e. The molecule has 158 valence electrons. The second-order valence-electron chi connectivity index (χ2n) is 7.18. The highest BCUT2D eigenvalue weighted by atomic mass is 35.5. The van der Waals surface area contributed by atoms with Crippen molar-refractivity contribution in [3.8, 4) is 0 Å². The maximum atomic E-state index is 13.0. The summed E-state index contributed by atoms with van der Waals surface area (Å²) < 4.78 is 39.1. The van der Waals surface area contributed by atoms with Crippen molar-refractivity contribution in [1.82, 2.24) is 0 Å². The summed E-state index contributed by atoms with van der Waals surface area (Å²) in [4.78, 5) is 4.00. The number of halogens is 4. The Labute approximate surface area is 180 Å². The van der Waals surface area contributed by atoms with Crippen molar-refractivity contribution >= 4 is 23.0 Å². The minimum Gasteiger partial charge on any atom is -0.363 e. The number of benzene rings is 2. The van der Waals surface area contributed by atoms with Crippen molar-refractivity contribution in [3.05, 3.63) is 96.1 Å². The molecule has 1 atom stereocenters. The number of rotatable bonds is 7. The van der Waals surface area contributed by atoms with Gasteiger partial charge in [-0.15, -0.1) is 0 Å². The van der Waals surface area contributed by atoms with Crippen LogP contribution in [0.5, 0.6) is 0 Å².